The Bertz CT molecular complexity index is 1030. The van der Waals surface area contributed by atoms with Crippen molar-refractivity contribution in [1.29, 1.82) is 5.26 Å². The number of hydrogen-bond acceptors (Lipinski definition) is 7. The molecule has 0 saturated carbocycles. The highest BCUT2D eigenvalue weighted by Crippen LogP contribution is 2.29. The molecule has 0 aliphatic carbocycles. The lowest BCUT2D eigenvalue weighted by molar-refractivity contribution is -0.384. The molecule has 0 unspecified atom stereocenters. The van der Waals surface area contributed by atoms with Crippen molar-refractivity contribution < 1.29 is 9.72 Å². The minimum absolute atomic E-state index is 0.0515. The summed E-state index contributed by atoms with van der Waals surface area (Å²) >= 11 is 0. The molecule has 2 saturated heterocycles. The van der Waals surface area contributed by atoms with Crippen molar-refractivity contribution >= 4 is 28.3 Å². The van der Waals surface area contributed by atoms with Gasteiger partial charge in [-0.1, -0.05) is 0 Å². The second kappa shape index (κ2) is 8.86. The minimum Gasteiger partial charge on any atom is -0.357 e. The molecular formula is C22H26N6O3. The summed E-state index contributed by atoms with van der Waals surface area (Å²) in [7, 11) is 2.08. The predicted molar refractivity (Wildman–Crippen MR) is 117 cm³/mol. The first-order valence-electron chi connectivity index (χ1n) is 10.6. The normalized spacial score (nSPS) is 18.2. The average Bonchev–Trinajstić information content (AvgIpc) is 2.78. The fourth-order valence-electron chi connectivity index (χ4n) is 4.37. The molecule has 1 aromatic carbocycles. The minimum atomic E-state index is -0.470. The number of fused-ring (bicyclic) bond motifs is 1. The lowest BCUT2D eigenvalue weighted by Gasteiger charge is -2.36. The molecule has 2 aliphatic heterocycles. The van der Waals surface area contributed by atoms with Crippen LogP contribution in [0.1, 0.15) is 24.8 Å². The van der Waals surface area contributed by atoms with Gasteiger partial charge in [0, 0.05) is 63.2 Å². The molecule has 2 fully saturated rings. The second-order valence-electron chi connectivity index (χ2n) is 8.42. The fraction of sp³-hybridized carbons (Fsp3) is 0.500. The molecule has 1 amide bonds. The molecule has 3 heterocycles. The number of hydrogen-bond donors (Lipinski definition) is 0. The van der Waals surface area contributed by atoms with Crippen LogP contribution in [-0.4, -0.2) is 71.9 Å². The zero-order valence-electron chi connectivity index (χ0n) is 17.7. The van der Waals surface area contributed by atoms with Crippen LogP contribution in [0.5, 0.6) is 0 Å². The van der Waals surface area contributed by atoms with Crippen molar-refractivity contribution in [1.82, 2.24) is 14.8 Å². The highest BCUT2D eigenvalue weighted by molar-refractivity contribution is 5.88. The highest BCUT2D eigenvalue weighted by atomic mass is 16.6. The van der Waals surface area contributed by atoms with Gasteiger partial charge in [0.1, 0.15) is 5.82 Å². The van der Waals surface area contributed by atoms with E-state index in [1.54, 1.807) is 12.1 Å². The van der Waals surface area contributed by atoms with Gasteiger partial charge in [0.25, 0.3) is 5.69 Å². The number of anilines is 1. The summed E-state index contributed by atoms with van der Waals surface area (Å²) in [4.78, 5) is 34.2. The van der Waals surface area contributed by atoms with Crippen molar-refractivity contribution in [2.24, 2.45) is 5.92 Å². The molecular weight excluding hydrogens is 396 g/mol. The van der Waals surface area contributed by atoms with E-state index in [2.05, 4.69) is 27.9 Å². The highest BCUT2D eigenvalue weighted by Gasteiger charge is 2.26. The SMILES string of the molecule is CN1CCN(C(=O)CC2CCN(c3cc(C#N)c4cc([N+](=O)[O-])ccc4n3)CC2)CC1. The van der Waals surface area contributed by atoms with Gasteiger partial charge in [0.15, 0.2) is 0 Å². The first-order chi connectivity index (χ1) is 14.9. The number of piperazine rings is 1. The van der Waals surface area contributed by atoms with Crippen LogP contribution in [0.15, 0.2) is 24.3 Å². The maximum absolute atomic E-state index is 12.6. The Morgan fingerprint density at radius 2 is 1.90 bits per heavy atom. The Morgan fingerprint density at radius 3 is 2.55 bits per heavy atom. The molecule has 0 bridgehead atoms. The molecule has 2 aromatic rings. The lowest BCUT2D eigenvalue weighted by atomic mass is 9.92. The van der Waals surface area contributed by atoms with Crippen LogP contribution in [-0.2, 0) is 4.79 Å². The van der Waals surface area contributed by atoms with Crippen LogP contribution >= 0.6 is 0 Å². The van der Waals surface area contributed by atoms with E-state index >= 15 is 0 Å². The predicted octanol–water partition coefficient (Wildman–Crippen LogP) is 2.40. The van der Waals surface area contributed by atoms with Gasteiger partial charge in [0.05, 0.1) is 22.1 Å². The average molecular weight is 422 g/mol. The van der Waals surface area contributed by atoms with E-state index in [1.807, 2.05) is 4.90 Å². The van der Waals surface area contributed by atoms with E-state index in [0.29, 0.717) is 34.6 Å². The second-order valence-corrected chi connectivity index (χ2v) is 8.42. The smallest absolute Gasteiger partial charge is 0.270 e. The van der Waals surface area contributed by atoms with Gasteiger partial charge < -0.3 is 14.7 Å². The van der Waals surface area contributed by atoms with Gasteiger partial charge in [0.2, 0.25) is 5.91 Å². The van der Waals surface area contributed by atoms with Crippen LogP contribution in [0.3, 0.4) is 0 Å². The number of nitriles is 1. The van der Waals surface area contributed by atoms with E-state index in [-0.39, 0.29) is 11.6 Å². The number of likely N-dealkylation sites (N-methyl/N-ethyl adjacent to an activating group) is 1. The summed E-state index contributed by atoms with van der Waals surface area (Å²) in [5.41, 5.74) is 0.910. The third-order valence-corrected chi connectivity index (χ3v) is 6.37. The molecule has 4 rings (SSSR count). The summed E-state index contributed by atoms with van der Waals surface area (Å²) in [6.07, 6.45) is 2.40. The number of benzene rings is 1. The number of pyridine rings is 1. The molecule has 2 aliphatic rings. The third-order valence-electron chi connectivity index (χ3n) is 6.37. The monoisotopic (exact) mass is 422 g/mol. The van der Waals surface area contributed by atoms with Crippen molar-refractivity contribution in [3.05, 3.63) is 39.9 Å². The third kappa shape index (κ3) is 4.59. The number of nitro groups is 1. The van der Waals surface area contributed by atoms with Crippen molar-refractivity contribution in [2.75, 3.05) is 51.2 Å². The summed E-state index contributed by atoms with van der Waals surface area (Å²) in [5.74, 6) is 1.33. The van der Waals surface area contributed by atoms with Gasteiger partial charge in [-0.25, -0.2) is 4.98 Å². The molecule has 9 nitrogen and oxygen atoms in total. The largest absolute Gasteiger partial charge is 0.357 e. The Balaban J connectivity index is 1.41. The molecule has 0 N–H and O–H groups in total. The van der Waals surface area contributed by atoms with E-state index in [0.717, 1.165) is 52.1 Å². The maximum atomic E-state index is 12.6. The molecule has 1 aromatic heterocycles. The number of non-ortho nitro benzene ring substituents is 1. The van der Waals surface area contributed by atoms with Crippen LogP contribution in [0.4, 0.5) is 11.5 Å². The number of aromatic nitrogens is 1. The zero-order chi connectivity index (χ0) is 22.0. The zero-order valence-corrected chi connectivity index (χ0v) is 17.7. The van der Waals surface area contributed by atoms with Crippen LogP contribution < -0.4 is 4.90 Å². The Morgan fingerprint density at radius 1 is 1.19 bits per heavy atom. The Labute approximate surface area is 181 Å². The lowest BCUT2D eigenvalue weighted by Crippen LogP contribution is -2.47. The van der Waals surface area contributed by atoms with E-state index in [4.69, 9.17) is 0 Å². The van der Waals surface area contributed by atoms with Crippen molar-refractivity contribution in [3.8, 4) is 6.07 Å². The number of nitro benzene ring substituents is 1. The number of nitrogens with zero attached hydrogens (tertiary/aromatic N) is 6. The van der Waals surface area contributed by atoms with E-state index < -0.39 is 4.92 Å². The summed E-state index contributed by atoms with van der Waals surface area (Å²) in [5, 5.41) is 21.1. The van der Waals surface area contributed by atoms with Gasteiger partial charge in [-0.3, -0.25) is 14.9 Å². The Hall–Kier alpha value is -3.25. The van der Waals surface area contributed by atoms with Crippen molar-refractivity contribution in [2.45, 2.75) is 19.3 Å². The van der Waals surface area contributed by atoms with Crippen LogP contribution in [0.25, 0.3) is 10.9 Å². The van der Waals surface area contributed by atoms with Crippen LogP contribution in [0.2, 0.25) is 0 Å². The topological polar surface area (TPSA) is 107 Å². The number of carbonyl (C=O) groups is 1. The molecule has 31 heavy (non-hydrogen) atoms. The first kappa shape index (κ1) is 21.0. The molecule has 9 heteroatoms. The van der Waals surface area contributed by atoms with Crippen LogP contribution in [0, 0.1) is 27.4 Å². The fourth-order valence-corrected chi connectivity index (χ4v) is 4.37. The van der Waals surface area contributed by atoms with Gasteiger partial charge >= 0.3 is 0 Å². The summed E-state index contributed by atoms with van der Waals surface area (Å²) in [6, 6.07) is 8.27. The number of amides is 1. The molecule has 162 valence electrons. The molecule has 0 radical (unpaired) electrons. The Kier molecular flexibility index (Phi) is 6.00. The molecule has 0 atom stereocenters. The van der Waals surface area contributed by atoms with E-state index in [9.17, 15) is 20.2 Å². The maximum Gasteiger partial charge on any atom is 0.270 e. The van der Waals surface area contributed by atoms with Gasteiger partial charge in [-0.2, -0.15) is 5.26 Å². The van der Waals surface area contributed by atoms with Gasteiger partial charge in [-0.15, -0.1) is 0 Å². The first-order valence-corrected chi connectivity index (χ1v) is 10.6. The summed E-state index contributed by atoms with van der Waals surface area (Å²) < 4.78 is 0. The summed E-state index contributed by atoms with van der Waals surface area (Å²) in [6.45, 7) is 5.03. The molecule has 0 spiro atoms. The quantitative estimate of drug-likeness (QED) is 0.550. The number of rotatable bonds is 4. The number of carbonyl (C=O) groups excluding carboxylic acids is 1. The standard InChI is InChI=1S/C22H26N6O3/c1-25-8-10-27(11-9-25)22(29)12-16-4-6-26(7-5-16)21-13-17(15-23)19-14-18(28(30)31)2-3-20(19)24-21/h2-3,13-14,16H,4-12H2,1H3. The number of piperidine rings is 1. The van der Waals surface area contributed by atoms with Crippen molar-refractivity contribution in [3.63, 3.8) is 0 Å². The van der Waals surface area contributed by atoms with Gasteiger partial charge in [-0.05, 0) is 37.9 Å². The van der Waals surface area contributed by atoms with E-state index in [1.165, 1.54) is 12.1 Å².